The predicted molar refractivity (Wildman–Crippen MR) is 83.7 cm³/mol. The van der Waals surface area contributed by atoms with E-state index < -0.39 is 0 Å². The van der Waals surface area contributed by atoms with Crippen LogP contribution in [0.5, 0.6) is 5.75 Å². The van der Waals surface area contributed by atoms with E-state index in [1.54, 1.807) is 0 Å². The van der Waals surface area contributed by atoms with E-state index in [4.69, 9.17) is 4.42 Å². The highest BCUT2D eigenvalue weighted by molar-refractivity contribution is 5.68. The van der Waals surface area contributed by atoms with Gasteiger partial charge in [0.1, 0.15) is 0 Å². The first-order valence-electron chi connectivity index (χ1n) is 8.15. The lowest BCUT2D eigenvalue weighted by Crippen LogP contribution is -1.85. The Hall–Kier alpha value is -0.980. The van der Waals surface area contributed by atoms with Gasteiger partial charge in [-0.15, -0.1) is 4.42 Å². The maximum Gasteiger partial charge on any atom is 0.565 e. The van der Waals surface area contributed by atoms with Crippen LogP contribution in [0.2, 0.25) is 0 Å². The van der Waals surface area contributed by atoms with E-state index in [1.807, 2.05) is 0 Å². The molecule has 0 aromatic heterocycles. The molecule has 19 heavy (non-hydrogen) atoms. The molecule has 0 saturated carbocycles. The van der Waals surface area contributed by atoms with Gasteiger partial charge in [0.2, 0.25) is 0 Å². The van der Waals surface area contributed by atoms with Crippen LogP contribution in [0.4, 0.5) is 0 Å². The molecule has 2 rings (SSSR count). The van der Waals surface area contributed by atoms with Crippen molar-refractivity contribution in [2.45, 2.75) is 79.1 Å². The largest absolute Gasteiger partial charge is 0.565 e. The van der Waals surface area contributed by atoms with Crippen molar-refractivity contribution in [3.63, 3.8) is 0 Å². The molecule has 0 atom stereocenters. The highest BCUT2D eigenvalue weighted by Gasteiger charge is 2.52. The van der Waals surface area contributed by atoms with E-state index in [1.165, 1.54) is 84.8 Å². The standard InChI is InChI=1S/C18H28O/c1-5-9-13-14(10-6-2)17(13)19-18-15(11-7-3)16(18)12-8-4/h5-12H2,1-4H3/q+2. The van der Waals surface area contributed by atoms with Gasteiger partial charge in [0.25, 0.3) is 11.1 Å². The first-order chi connectivity index (χ1) is 9.28. The average Bonchev–Trinajstić information content (AvgIpc) is 3.24. The number of rotatable bonds is 9. The minimum Gasteiger partial charge on any atom is -0.120 e. The molecule has 104 valence electrons. The molecule has 1 heteroatoms. The summed E-state index contributed by atoms with van der Waals surface area (Å²) < 4.78 is 6.22. The maximum absolute atomic E-state index is 6.22. The highest BCUT2D eigenvalue weighted by Crippen LogP contribution is 2.44. The Bertz CT molecular complexity index is 466. The molecule has 0 amide bonds. The average molecular weight is 260 g/mol. The van der Waals surface area contributed by atoms with Gasteiger partial charge >= 0.3 is 11.2 Å². The highest BCUT2D eigenvalue weighted by atomic mass is 16.4. The fourth-order valence-corrected chi connectivity index (χ4v) is 2.90. The van der Waals surface area contributed by atoms with Crippen molar-refractivity contribution in [2.75, 3.05) is 0 Å². The van der Waals surface area contributed by atoms with Crippen LogP contribution in [0.3, 0.4) is 0 Å². The predicted octanol–water partition coefficient (Wildman–Crippen LogP) is 4.84. The van der Waals surface area contributed by atoms with Crippen LogP contribution in [-0.4, -0.2) is 0 Å². The Morgan fingerprint density at radius 3 is 1.84 bits per heavy atom. The monoisotopic (exact) mass is 260 g/mol. The molecule has 2 aromatic carbocycles. The van der Waals surface area contributed by atoms with Crippen molar-refractivity contribution in [2.24, 2.45) is 0 Å². The van der Waals surface area contributed by atoms with E-state index in [0.29, 0.717) is 0 Å². The normalized spacial score (nSPS) is 11.8. The zero-order valence-electron chi connectivity index (χ0n) is 13.1. The minimum atomic E-state index is 1.20. The molecular formula is C18H28O+2. The molecule has 0 fully saturated rings. The van der Waals surface area contributed by atoms with Crippen molar-refractivity contribution >= 4 is 0 Å². The van der Waals surface area contributed by atoms with E-state index in [-0.39, 0.29) is 0 Å². The first-order valence-corrected chi connectivity index (χ1v) is 8.15. The topological polar surface area (TPSA) is 11.3 Å². The van der Waals surface area contributed by atoms with E-state index in [2.05, 4.69) is 27.7 Å². The third-order valence-electron chi connectivity index (χ3n) is 3.90. The quantitative estimate of drug-likeness (QED) is 0.451. The summed E-state index contributed by atoms with van der Waals surface area (Å²) in [5, 5.41) is 0. The summed E-state index contributed by atoms with van der Waals surface area (Å²) in [6.45, 7) is 9.00. The lowest BCUT2D eigenvalue weighted by molar-refractivity contribution is 0.904. The van der Waals surface area contributed by atoms with Gasteiger partial charge in [-0.3, -0.25) is 0 Å². The third-order valence-corrected chi connectivity index (χ3v) is 3.90. The summed E-state index contributed by atoms with van der Waals surface area (Å²) in [6, 6.07) is 0. The fraction of sp³-hybridized carbons (Fsp3) is 0.667. The van der Waals surface area contributed by atoms with Crippen molar-refractivity contribution in [1.82, 2.24) is 0 Å². The molecule has 0 saturated heterocycles. The lowest BCUT2D eigenvalue weighted by Gasteiger charge is -1.81. The lowest BCUT2D eigenvalue weighted by atomic mass is 10.2. The van der Waals surface area contributed by atoms with E-state index in [0.717, 1.165) is 0 Å². The molecule has 2 aromatic rings. The Kier molecular flexibility index (Phi) is 4.90. The summed E-state index contributed by atoms with van der Waals surface area (Å²) in [7, 11) is 0. The Balaban J connectivity index is 2.15. The summed E-state index contributed by atoms with van der Waals surface area (Å²) in [5.74, 6) is 1.25. The van der Waals surface area contributed by atoms with Crippen LogP contribution >= 0.6 is 0 Å². The van der Waals surface area contributed by atoms with Gasteiger partial charge in [0, 0.05) is 0 Å². The van der Waals surface area contributed by atoms with Crippen molar-refractivity contribution in [1.29, 1.82) is 0 Å². The second-order valence-corrected chi connectivity index (χ2v) is 5.67. The molecule has 0 bridgehead atoms. The number of hydrogen-bond acceptors (Lipinski definition) is 0. The summed E-state index contributed by atoms with van der Waals surface area (Å²) >= 11 is 0. The zero-order valence-corrected chi connectivity index (χ0v) is 13.1. The first kappa shape index (κ1) is 14.4. The second-order valence-electron chi connectivity index (χ2n) is 5.67. The van der Waals surface area contributed by atoms with Gasteiger partial charge < -0.3 is 0 Å². The summed E-state index contributed by atoms with van der Waals surface area (Å²) in [4.78, 5) is 0. The molecule has 0 N–H and O–H groups in total. The molecule has 0 aliphatic heterocycles. The Morgan fingerprint density at radius 2 is 1.37 bits per heavy atom. The molecule has 0 radical (unpaired) electrons. The molecular weight excluding hydrogens is 232 g/mol. The molecule has 1 nitrogen and oxygen atoms in total. The van der Waals surface area contributed by atoms with Crippen LogP contribution < -0.4 is 5.43 Å². The third kappa shape index (κ3) is 3.13. The SMILES string of the molecule is CCCc1c(CCC)c1=[O+]c1c(CCC)[c+]1CCC. The van der Waals surface area contributed by atoms with E-state index in [9.17, 15) is 0 Å². The molecule has 0 aliphatic carbocycles. The van der Waals surface area contributed by atoms with Crippen LogP contribution in [0.1, 0.15) is 75.6 Å². The van der Waals surface area contributed by atoms with E-state index >= 15 is 0 Å². The molecule has 0 spiro atoms. The smallest absolute Gasteiger partial charge is 0.120 e. The Labute approximate surface area is 117 Å². The van der Waals surface area contributed by atoms with Gasteiger partial charge in [0.15, 0.2) is 0 Å². The molecule has 0 unspecified atom stereocenters. The number of hydrogen-bond donors (Lipinski definition) is 0. The minimum absolute atomic E-state index is 1.20. The zero-order chi connectivity index (χ0) is 13.8. The van der Waals surface area contributed by atoms with Gasteiger partial charge in [0.05, 0.1) is 24.0 Å². The molecule has 0 aliphatic rings. The van der Waals surface area contributed by atoms with Crippen LogP contribution in [0.15, 0.2) is 4.42 Å². The molecule has 0 heterocycles. The van der Waals surface area contributed by atoms with Crippen LogP contribution in [-0.2, 0) is 25.7 Å². The van der Waals surface area contributed by atoms with Gasteiger partial charge in [-0.25, -0.2) is 0 Å². The van der Waals surface area contributed by atoms with Crippen LogP contribution in [0.25, 0.3) is 0 Å². The van der Waals surface area contributed by atoms with Gasteiger partial charge in [-0.1, -0.05) is 40.5 Å². The van der Waals surface area contributed by atoms with Crippen molar-refractivity contribution in [3.8, 4) is 5.75 Å². The Morgan fingerprint density at radius 1 is 0.789 bits per heavy atom. The van der Waals surface area contributed by atoms with Crippen molar-refractivity contribution < 1.29 is 0 Å². The van der Waals surface area contributed by atoms with Crippen molar-refractivity contribution in [3.05, 3.63) is 32.1 Å². The summed E-state index contributed by atoms with van der Waals surface area (Å²) in [5.41, 5.74) is 7.34. The maximum atomic E-state index is 6.22. The van der Waals surface area contributed by atoms with Gasteiger partial charge in [-0.2, -0.15) is 0 Å². The van der Waals surface area contributed by atoms with Gasteiger partial charge in [-0.05, 0) is 25.7 Å². The fourth-order valence-electron chi connectivity index (χ4n) is 2.90. The second kappa shape index (κ2) is 6.45. The summed E-state index contributed by atoms with van der Waals surface area (Å²) in [6.07, 6.45) is 9.69. The van der Waals surface area contributed by atoms with Crippen LogP contribution in [0, 0.1) is 0 Å².